The third-order valence-corrected chi connectivity index (χ3v) is 4.43. The highest BCUT2D eigenvalue weighted by Crippen LogP contribution is 2.26. The number of anilines is 1. The van der Waals surface area contributed by atoms with Gasteiger partial charge >= 0.3 is 0 Å². The second kappa shape index (κ2) is 6.62. The molecule has 0 amide bonds. The van der Waals surface area contributed by atoms with Gasteiger partial charge in [0.25, 0.3) is 0 Å². The molecular weight excluding hydrogens is 288 g/mol. The Hall–Kier alpha value is -2.01. The van der Waals surface area contributed by atoms with Crippen molar-refractivity contribution in [3.63, 3.8) is 0 Å². The van der Waals surface area contributed by atoms with Gasteiger partial charge in [-0.2, -0.15) is 5.10 Å². The van der Waals surface area contributed by atoms with E-state index in [1.807, 2.05) is 17.8 Å². The molecule has 1 aromatic heterocycles. The molecule has 1 aromatic carbocycles. The summed E-state index contributed by atoms with van der Waals surface area (Å²) in [6.45, 7) is 4.65. The molecule has 1 aliphatic heterocycles. The standard InChI is InChI=1S/C18H26N4O/c1-13-16(18(21(2)3)22(4)20-13)11-19-10-14-9-15-7-5-6-8-17(15)23-12-14/h5-8,14,19H,9-12H2,1-4H3/t14-/m1/s1. The van der Waals surface area contributed by atoms with Crippen LogP contribution in [-0.2, 0) is 20.0 Å². The van der Waals surface area contributed by atoms with Gasteiger partial charge in [-0.3, -0.25) is 4.68 Å². The molecular formula is C18H26N4O. The van der Waals surface area contributed by atoms with Gasteiger partial charge in [0, 0.05) is 45.7 Å². The molecule has 5 heteroatoms. The quantitative estimate of drug-likeness (QED) is 0.918. The summed E-state index contributed by atoms with van der Waals surface area (Å²) in [5, 5.41) is 8.13. The molecule has 0 saturated heterocycles. The summed E-state index contributed by atoms with van der Waals surface area (Å²) in [5.74, 6) is 2.73. The Morgan fingerprint density at radius 2 is 2.13 bits per heavy atom. The highest BCUT2D eigenvalue weighted by Gasteiger charge is 2.20. The van der Waals surface area contributed by atoms with Crippen LogP contribution < -0.4 is 15.0 Å². The highest BCUT2D eigenvalue weighted by molar-refractivity contribution is 5.48. The van der Waals surface area contributed by atoms with Crippen LogP contribution in [0.4, 0.5) is 5.82 Å². The molecule has 3 rings (SSSR count). The van der Waals surface area contributed by atoms with Gasteiger partial charge in [-0.1, -0.05) is 18.2 Å². The molecule has 2 heterocycles. The van der Waals surface area contributed by atoms with E-state index < -0.39 is 0 Å². The average molecular weight is 314 g/mol. The number of nitrogens with zero attached hydrogens (tertiary/aromatic N) is 3. The maximum absolute atomic E-state index is 5.86. The summed E-state index contributed by atoms with van der Waals surface area (Å²) in [6, 6.07) is 8.34. The fourth-order valence-electron chi connectivity index (χ4n) is 3.38. The van der Waals surface area contributed by atoms with Crippen LogP contribution in [0.15, 0.2) is 24.3 Å². The normalized spacial score (nSPS) is 16.8. The Morgan fingerprint density at radius 3 is 2.91 bits per heavy atom. The Bertz CT molecular complexity index is 678. The first-order valence-corrected chi connectivity index (χ1v) is 8.17. The van der Waals surface area contributed by atoms with Crippen molar-refractivity contribution in [2.45, 2.75) is 19.9 Å². The lowest BCUT2D eigenvalue weighted by atomic mass is 9.97. The zero-order valence-electron chi connectivity index (χ0n) is 14.5. The van der Waals surface area contributed by atoms with Gasteiger partial charge in [-0.05, 0) is 25.0 Å². The van der Waals surface area contributed by atoms with Crippen LogP contribution in [0, 0.1) is 12.8 Å². The number of ether oxygens (including phenoxy) is 1. The van der Waals surface area contributed by atoms with Crippen LogP contribution in [0.2, 0.25) is 0 Å². The lowest BCUT2D eigenvalue weighted by molar-refractivity contribution is 0.218. The molecule has 0 saturated carbocycles. The van der Waals surface area contributed by atoms with Gasteiger partial charge in [-0.15, -0.1) is 0 Å². The molecule has 0 bridgehead atoms. The van der Waals surface area contributed by atoms with Gasteiger partial charge in [0.15, 0.2) is 0 Å². The van der Waals surface area contributed by atoms with Crippen LogP contribution in [0.1, 0.15) is 16.8 Å². The molecule has 124 valence electrons. The smallest absolute Gasteiger partial charge is 0.130 e. The summed E-state index contributed by atoms with van der Waals surface area (Å²) in [6.07, 6.45) is 1.08. The van der Waals surface area contributed by atoms with Crippen molar-refractivity contribution in [2.24, 2.45) is 13.0 Å². The lowest BCUT2D eigenvalue weighted by Crippen LogP contribution is -2.31. The second-order valence-corrected chi connectivity index (χ2v) is 6.53. The summed E-state index contributed by atoms with van der Waals surface area (Å²) in [5.41, 5.74) is 3.68. The van der Waals surface area contributed by atoms with Crippen LogP contribution in [0.3, 0.4) is 0 Å². The van der Waals surface area contributed by atoms with Gasteiger partial charge in [0.1, 0.15) is 11.6 Å². The van der Waals surface area contributed by atoms with Crippen LogP contribution >= 0.6 is 0 Å². The number of para-hydroxylation sites is 1. The second-order valence-electron chi connectivity index (χ2n) is 6.53. The number of aromatic nitrogens is 2. The molecule has 0 fully saturated rings. The van der Waals surface area contributed by atoms with Crippen molar-refractivity contribution in [2.75, 3.05) is 32.1 Å². The molecule has 23 heavy (non-hydrogen) atoms. The molecule has 2 aromatic rings. The third-order valence-electron chi connectivity index (χ3n) is 4.43. The van der Waals surface area contributed by atoms with Crippen molar-refractivity contribution in [1.82, 2.24) is 15.1 Å². The summed E-state index contributed by atoms with van der Waals surface area (Å²) >= 11 is 0. The number of benzene rings is 1. The van der Waals surface area contributed by atoms with E-state index in [0.717, 1.165) is 37.6 Å². The largest absolute Gasteiger partial charge is 0.493 e. The predicted molar refractivity (Wildman–Crippen MR) is 93.1 cm³/mol. The summed E-state index contributed by atoms with van der Waals surface area (Å²) in [7, 11) is 6.12. The first kappa shape index (κ1) is 15.9. The minimum Gasteiger partial charge on any atom is -0.493 e. The maximum atomic E-state index is 5.86. The maximum Gasteiger partial charge on any atom is 0.130 e. The molecule has 1 atom stereocenters. The predicted octanol–water partition coefficient (Wildman–Crippen LogP) is 2.14. The molecule has 0 aliphatic carbocycles. The van der Waals surface area contributed by atoms with E-state index in [9.17, 15) is 0 Å². The molecule has 0 radical (unpaired) electrons. The van der Waals surface area contributed by atoms with E-state index in [2.05, 4.69) is 54.5 Å². The monoisotopic (exact) mass is 314 g/mol. The van der Waals surface area contributed by atoms with E-state index in [0.29, 0.717) is 5.92 Å². The number of rotatable bonds is 5. The molecule has 1 N–H and O–H groups in total. The Morgan fingerprint density at radius 1 is 1.35 bits per heavy atom. The van der Waals surface area contributed by atoms with E-state index in [-0.39, 0.29) is 0 Å². The zero-order chi connectivity index (χ0) is 16.4. The average Bonchev–Trinajstić information content (AvgIpc) is 2.81. The number of nitrogens with one attached hydrogen (secondary N) is 1. The fourth-order valence-corrected chi connectivity index (χ4v) is 3.38. The van der Waals surface area contributed by atoms with Gasteiger partial charge in [0.05, 0.1) is 12.3 Å². The van der Waals surface area contributed by atoms with E-state index in [4.69, 9.17) is 4.74 Å². The van der Waals surface area contributed by atoms with Crippen LogP contribution in [0.25, 0.3) is 0 Å². The van der Waals surface area contributed by atoms with E-state index in [1.54, 1.807) is 0 Å². The molecule has 1 aliphatic rings. The van der Waals surface area contributed by atoms with Crippen LogP contribution in [0.5, 0.6) is 5.75 Å². The minimum atomic E-state index is 0.518. The fraction of sp³-hybridized carbons (Fsp3) is 0.500. The van der Waals surface area contributed by atoms with Crippen molar-refractivity contribution < 1.29 is 4.74 Å². The number of hydrogen-bond donors (Lipinski definition) is 1. The minimum absolute atomic E-state index is 0.518. The third kappa shape index (κ3) is 3.34. The van der Waals surface area contributed by atoms with Crippen molar-refractivity contribution in [3.8, 4) is 5.75 Å². The van der Waals surface area contributed by atoms with Crippen molar-refractivity contribution in [3.05, 3.63) is 41.1 Å². The Kier molecular flexibility index (Phi) is 4.57. The molecule has 0 unspecified atom stereocenters. The van der Waals surface area contributed by atoms with Gasteiger partial charge < -0.3 is 15.0 Å². The topological polar surface area (TPSA) is 42.3 Å². The molecule has 5 nitrogen and oxygen atoms in total. The number of hydrogen-bond acceptors (Lipinski definition) is 4. The SMILES string of the molecule is Cc1nn(C)c(N(C)C)c1CNC[C@@H]1COc2ccccc2C1. The first-order chi connectivity index (χ1) is 11.1. The van der Waals surface area contributed by atoms with Gasteiger partial charge in [-0.25, -0.2) is 0 Å². The summed E-state index contributed by atoms with van der Waals surface area (Å²) < 4.78 is 7.81. The number of fused-ring (bicyclic) bond motifs is 1. The Balaban J connectivity index is 1.59. The molecule has 0 spiro atoms. The van der Waals surface area contributed by atoms with Gasteiger partial charge in [0.2, 0.25) is 0 Å². The summed E-state index contributed by atoms with van der Waals surface area (Å²) in [4.78, 5) is 2.12. The van der Waals surface area contributed by atoms with E-state index in [1.165, 1.54) is 16.9 Å². The highest BCUT2D eigenvalue weighted by atomic mass is 16.5. The van der Waals surface area contributed by atoms with Crippen LogP contribution in [-0.4, -0.2) is 37.0 Å². The van der Waals surface area contributed by atoms with Crippen molar-refractivity contribution in [1.29, 1.82) is 0 Å². The van der Waals surface area contributed by atoms with Crippen molar-refractivity contribution >= 4 is 5.82 Å². The zero-order valence-corrected chi connectivity index (χ0v) is 14.5. The Labute approximate surface area is 138 Å². The first-order valence-electron chi connectivity index (χ1n) is 8.17. The number of aryl methyl sites for hydroxylation is 2. The van der Waals surface area contributed by atoms with E-state index >= 15 is 0 Å². The lowest BCUT2D eigenvalue weighted by Gasteiger charge is -2.25.